The zero-order chi connectivity index (χ0) is 14.5. The largest absolute Gasteiger partial charge is 0.375 e. The van der Waals surface area contributed by atoms with E-state index in [2.05, 4.69) is 24.0 Å². The zero-order valence-corrected chi connectivity index (χ0v) is 13.4. The van der Waals surface area contributed by atoms with Crippen LogP contribution < -0.4 is 0 Å². The predicted octanol–water partition coefficient (Wildman–Crippen LogP) is 1.98. The smallest absolute Gasteiger partial charge is 0.248 e. The van der Waals surface area contributed by atoms with Gasteiger partial charge < -0.3 is 9.64 Å². The third-order valence-corrected chi connectivity index (χ3v) is 4.76. The van der Waals surface area contributed by atoms with Crippen LogP contribution in [0, 0.1) is 12.8 Å². The Morgan fingerprint density at radius 1 is 1.55 bits per heavy atom. The van der Waals surface area contributed by atoms with Gasteiger partial charge in [-0.25, -0.2) is 0 Å². The number of hydrogen-bond acceptors (Lipinski definition) is 4. The number of rotatable bonds is 6. The molecular weight excluding hydrogens is 272 g/mol. The van der Waals surface area contributed by atoms with Crippen molar-refractivity contribution in [2.45, 2.75) is 19.9 Å². The van der Waals surface area contributed by atoms with Gasteiger partial charge in [-0.15, -0.1) is 11.3 Å². The summed E-state index contributed by atoms with van der Waals surface area (Å²) >= 11 is 1.88. The van der Waals surface area contributed by atoms with Crippen molar-refractivity contribution in [2.24, 2.45) is 5.92 Å². The second kappa shape index (κ2) is 7.20. The van der Waals surface area contributed by atoms with Gasteiger partial charge in [0.15, 0.2) is 0 Å². The normalized spacial score (nSPS) is 19.4. The first-order chi connectivity index (χ1) is 9.58. The molecule has 1 aliphatic rings. The van der Waals surface area contributed by atoms with Crippen molar-refractivity contribution in [3.8, 4) is 0 Å². The van der Waals surface area contributed by atoms with E-state index in [0.29, 0.717) is 5.92 Å². The number of likely N-dealkylation sites (tertiary alicyclic amines) is 1. The lowest BCUT2D eigenvalue weighted by atomic mass is 10.1. The van der Waals surface area contributed by atoms with Crippen molar-refractivity contribution in [3.05, 3.63) is 21.9 Å². The molecule has 1 saturated heterocycles. The molecule has 4 nitrogen and oxygen atoms in total. The molecule has 0 aromatic carbocycles. The number of amides is 1. The quantitative estimate of drug-likeness (QED) is 0.805. The number of carbonyl (C=O) groups excluding carboxylic acids is 1. The summed E-state index contributed by atoms with van der Waals surface area (Å²) in [6.07, 6.45) is 1.18. The molecule has 5 heteroatoms. The molecule has 1 aromatic heterocycles. The van der Waals surface area contributed by atoms with E-state index in [9.17, 15) is 4.79 Å². The molecule has 1 atom stereocenters. The molecule has 1 fully saturated rings. The summed E-state index contributed by atoms with van der Waals surface area (Å²) < 4.78 is 4.89. The number of nitrogens with zero attached hydrogens (tertiary/aromatic N) is 2. The monoisotopic (exact) mass is 296 g/mol. The van der Waals surface area contributed by atoms with Gasteiger partial charge in [-0.3, -0.25) is 9.69 Å². The molecule has 0 N–H and O–H groups in total. The standard InChI is InChI=1S/C15H24N2O2S/c1-12-4-5-14(20-12)10-17-7-6-13(9-17)8-16(2)15(18)11-19-3/h4-5,13H,6-11H2,1-3H3. The van der Waals surface area contributed by atoms with Crippen LogP contribution in [-0.4, -0.2) is 56.1 Å². The van der Waals surface area contributed by atoms with Crippen LogP contribution in [0.15, 0.2) is 12.1 Å². The molecule has 0 radical (unpaired) electrons. The Bertz CT molecular complexity index is 447. The highest BCUT2D eigenvalue weighted by Gasteiger charge is 2.25. The van der Waals surface area contributed by atoms with Crippen molar-refractivity contribution in [3.63, 3.8) is 0 Å². The maximum atomic E-state index is 11.7. The molecular formula is C15H24N2O2S. The molecule has 0 spiro atoms. The lowest BCUT2D eigenvalue weighted by Gasteiger charge is -2.21. The van der Waals surface area contributed by atoms with Crippen LogP contribution >= 0.6 is 11.3 Å². The highest BCUT2D eigenvalue weighted by Crippen LogP contribution is 2.22. The summed E-state index contributed by atoms with van der Waals surface area (Å²) in [7, 11) is 3.43. The third kappa shape index (κ3) is 4.30. The minimum Gasteiger partial charge on any atom is -0.375 e. The fraction of sp³-hybridized carbons (Fsp3) is 0.667. The Balaban J connectivity index is 1.76. The van der Waals surface area contributed by atoms with Gasteiger partial charge in [0.2, 0.25) is 5.91 Å². The molecule has 2 heterocycles. The third-order valence-electron chi connectivity index (χ3n) is 3.77. The van der Waals surface area contributed by atoms with Crippen LogP contribution in [0.1, 0.15) is 16.2 Å². The number of methoxy groups -OCH3 is 1. The number of hydrogen-bond donors (Lipinski definition) is 0. The van der Waals surface area contributed by atoms with Crippen LogP contribution in [0.4, 0.5) is 0 Å². The van der Waals surface area contributed by atoms with E-state index >= 15 is 0 Å². The van der Waals surface area contributed by atoms with Crippen molar-refractivity contribution in [2.75, 3.05) is 40.4 Å². The summed E-state index contributed by atoms with van der Waals surface area (Å²) in [5, 5.41) is 0. The van der Waals surface area contributed by atoms with Gasteiger partial charge in [0, 0.05) is 43.5 Å². The van der Waals surface area contributed by atoms with Crippen molar-refractivity contribution in [1.29, 1.82) is 0 Å². The van der Waals surface area contributed by atoms with E-state index in [1.165, 1.54) is 16.2 Å². The van der Waals surface area contributed by atoms with Crippen LogP contribution in [-0.2, 0) is 16.1 Å². The number of ether oxygens (including phenoxy) is 1. The lowest BCUT2D eigenvalue weighted by Crippen LogP contribution is -2.35. The molecule has 0 saturated carbocycles. The van der Waals surface area contributed by atoms with E-state index in [-0.39, 0.29) is 12.5 Å². The Morgan fingerprint density at radius 2 is 2.35 bits per heavy atom. The SMILES string of the molecule is COCC(=O)N(C)CC1CCN(Cc2ccc(C)s2)C1. The first-order valence-corrected chi connectivity index (χ1v) is 7.90. The number of thiophene rings is 1. The maximum Gasteiger partial charge on any atom is 0.248 e. The molecule has 2 rings (SSSR count). The Kier molecular flexibility index (Phi) is 5.57. The first kappa shape index (κ1) is 15.5. The van der Waals surface area contributed by atoms with Crippen molar-refractivity contribution >= 4 is 17.2 Å². The zero-order valence-electron chi connectivity index (χ0n) is 12.6. The van der Waals surface area contributed by atoms with E-state index in [1.807, 2.05) is 18.4 Å². The highest BCUT2D eigenvalue weighted by molar-refractivity contribution is 7.11. The number of carbonyl (C=O) groups is 1. The van der Waals surface area contributed by atoms with Crippen molar-refractivity contribution < 1.29 is 9.53 Å². The van der Waals surface area contributed by atoms with Crippen LogP contribution in [0.3, 0.4) is 0 Å². The van der Waals surface area contributed by atoms with E-state index < -0.39 is 0 Å². The van der Waals surface area contributed by atoms with Crippen LogP contribution in [0.25, 0.3) is 0 Å². The second-order valence-electron chi connectivity index (χ2n) is 5.61. The number of aryl methyl sites for hydroxylation is 1. The van der Waals surface area contributed by atoms with Gasteiger partial charge in [-0.05, 0) is 37.9 Å². The average Bonchev–Trinajstić information content (AvgIpc) is 3.00. The topological polar surface area (TPSA) is 32.8 Å². The molecule has 1 aliphatic heterocycles. The minimum atomic E-state index is 0.0693. The molecule has 1 amide bonds. The van der Waals surface area contributed by atoms with E-state index in [4.69, 9.17) is 4.74 Å². The minimum absolute atomic E-state index is 0.0693. The number of likely N-dealkylation sites (N-methyl/N-ethyl adjacent to an activating group) is 1. The molecule has 0 aliphatic carbocycles. The molecule has 1 unspecified atom stereocenters. The average molecular weight is 296 g/mol. The summed E-state index contributed by atoms with van der Waals surface area (Å²) in [4.78, 5) is 18.8. The van der Waals surface area contributed by atoms with E-state index in [1.54, 1.807) is 12.0 Å². The summed E-state index contributed by atoms with van der Waals surface area (Å²) in [5.41, 5.74) is 0. The van der Waals surface area contributed by atoms with Crippen LogP contribution in [0.5, 0.6) is 0 Å². The Hall–Kier alpha value is -0.910. The summed E-state index contributed by atoms with van der Waals surface area (Å²) in [6, 6.07) is 4.41. The first-order valence-electron chi connectivity index (χ1n) is 7.09. The fourth-order valence-corrected chi connectivity index (χ4v) is 3.65. The predicted molar refractivity (Wildman–Crippen MR) is 82.0 cm³/mol. The van der Waals surface area contributed by atoms with Gasteiger partial charge in [-0.2, -0.15) is 0 Å². The second-order valence-corrected chi connectivity index (χ2v) is 6.98. The van der Waals surface area contributed by atoms with Gasteiger partial charge in [0.1, 0.15) is 6.61 Å². The van der Waals surface area contributed by atoms with Crippen molar-refractivity contribution in [1.82, 2.24) is 9.80 Å². The summed E-state index contributed by atoms with van der Waals surface area (Å²) in [6.45, 7) is 6.43. The van der Waals surface area contributed by atoms with E-state index in [0.717, 1.165) is 26.2 Å². The molecule has 20 heavy (non-hydrogen) atoms. The van der Waals surface area contributed by atoms with Gasteiger partial charge in [-0.1, -0.05) is 0 Å². The van der Waals surface area contributed by atoms with Gasteiger partial charge in [0.05, 0.1) is 0 Å². The van der Waals surface area contributed by atoms with Gasteiger partial charge in [0.25, 0.3) is 0 Å². The molecule has 1 aromatic rings. The molecule has 112 valence electrons. The summed E-state index contributed by atoms with van der Waals surface area (Å²) in [5.74, 6) is 0.654. The fourth-order valence-electron chi connectivity index (χ4n) is 2.72. The molecule has 0 bridgehead atoms. The highest BCUT2D eigenvalue weighted by atomic mass is 32.1. The Morgan fingerprint density at radius 3 is 3.00 bits per heavy atom. The van der Waals surface area contributed by atoms with Crippen LogP contribution in [0.2, 0.25) is 0 Å². The maximum absolute atomic E-state index is 11.7. The van der Waals surface area contributed by atoms with Gasteiger partial charge >= 0.3 is 0 Å². The Labute approximate surface area is 125 Å². The lowest BCUT2D eigenvalue weighted by molar-refractivity contribution is -0.134.